The van der Waals surface area contributed by atoms with E-state index in [1.165, 1.54) is 11.1 Å². The molecule has 0 aliphatic rings. The lowest BCUT2D eigenvalue weighted by Crippen LogP contribution is -2.34. The van der Waals surface area contributed by atoms with Gasteiger partial charge in [-0.2, -0.15) is 5.26 Å². The van der Waals surface area contributed by atoms with Crippen LogP contribution in [0, 0.1) is 11.3 Å². The van der Waals surface area contributed by atoms with Crippen LogP contribution in [0.3, 0.4) is 0 Å². The molecule has 0 radical (unpaired) electrons. The molecule has 0 saturated heterocycles. The number of carbonyl (C=O) groups is 1. The zero-order chi connectivity index (χ0) is 11.4. The fourth-order valence-electron chi connectivity index (χ4n) is 0.995. The van der Waals surface area contributed by atoms with E-state index in [9.17, 15) is 4.79 Å². The van der Waals surface area contributed by atoms with Gasteiger partial charge in [0.25, 0.3) is 5.91 Å². The molecular weight excluding hydrogens is 258 g/mol. The number of hydrogen-bond acceptors (Lipinski definition) is 3. The Labute approximate surface area is 96.7 Å². The molecule has 1 aromatic heterocycles. The van der Waals surface area contributed by atoms with Gasteiger partial charge in [-0.3, -0.25) is 9.78 Å². The van der Waals surface area contributed by atoms with Crippen molar-refractivity contribution >= 4 is 21.8 Å². The molecule has 5 heteroatoms. The Morgan fingerprint density at radius 2 is 2.33 bits per heavy atom. The van der Waals surface area contributed by atoms with E-state index in [4.69, 9.17) is 5.26 Å². The summed E-state index contributed by atoms with van der Waals surface area (Å²) in [5.41, 5.74) is 0.467. The molecule has 1 aromatic rings. The predicted molar refractivity (Wildman–Crippen MR) is 59.1 cm³/mol. The number of rotatable bonds is 2. The van der Waals surface area contributed by atoms with Crippen LogP contribution < -0.4 is 0 Å². The lowest BCUT2D eigenvalue weighted by atomic mass is 10.2. The van der Waals surface area contributed by atoms with E-state index in [-0.39, 0.29) is 5.91 Å². The maximum Gasteiger partial charge on any atom is 0.256 e. The number of carbonyl (C=O) groups excluding carboxylic acids is 1. The van der Waals surface area contributed by atoms with Crippen molar-refractivity contribution in [3.05, 3.63) is 28.5 Å². The average molecular weight is 268 g/mol. The van der Waals surface area contributed by atoms with E-state index in [1.54, 1.807) is 26.2 Å². The molecule has 0 fully saturated rings. The van der Waals surface area contributed by atoms with Crippen molar-refractivity contribution in [2.75, 3.05) is 7.05 Å². The molecule has 1 atom stereocenters. The second-order valence-electron chi connectivity index (χ2n) is 3.11. The minimum absolute atomic E-state index is 0.210. The molecule has 0 N–H and O–H groups in total. The molecule has 15 heavy (non-hydrogen) atoms. The molecule has 0 bridgehead atoms. The van der Waals surface area contributed by atoms with E-state index >= 15 is 0 Å². The number of nitriles is 1. The van der Waals surface area contributed by atoms with Gasteiger partial charge >= 0.3 is 0 Å². The van der Waals surface area contributed by atoms with Gasteiger partial charge in [0, 0.05) is 23.9 Å². The minimum atomic E-state index is -0.448. The van der Waals surface area contributed by atoms with Crippen LogP contribution in [-0.4, -0.2) is 28.9 Å². The van der Waals surface area contributed by atoms with E-state index in [0.717, 1.165) is 4.47 Å². The van der Waals surface area contributed by atoms with Gasteiger partial charge in [-0.25, -0.2) is 0 Å². The number of hydrogen-bond donors (Lipinski definition) is 0. The molecule has 1 amide bonds. The Balaban J connectivity index is 2.91. The summed E-state index contributed by atoms with van der Waals surface area (Å²) in [5, 5.41) is 8.69. The van der Waals surface area contributed by atoms with Crippen LogP contribution >= 0.6 is 15.9 Å². The zero-order valence-electron chi connectivity index (χ0n) is 8.44. The molecule has 0 aromatic carbocycles. The summed E-state index contributed by atoms with van der Waals surface area (Å²) in [6.45, 7) is 1.67. The van der Waals surface area contributed by atoms with Crippen molar-refractivity contribution in [2.45, 2.75) is 13.0 Å². The number of halogens is 1. The molecule has 1 heterocycles. The SMILES string of the molecule is CC(C#N)N(C)C(=O)c1cncc(Br)c1. The third-order valence-electron chi connectivity index (χ3n) is 2.04. The molecule has 1 rings (SSSR count). The largest absolute Gasteiger partial charge is 0.326 e. The van der Waals surface area contributed by atoms with Gasteiger partial charge in [0.15, 0.2) is 0 Å². The van der Waals surface area contributed by atoms with Crippen molar-refractivity contribution in [2.24, 2.45) is 0 Å². The Morgan fingerprint density at radius 1 is 1.67 bits per heavy atom. The molecule has 0 saturated carbocycles. The molecule has 1 unspecified atom stereocenters. The van der Waals surface area contributed by atoms with Crippen molar-refractivity contribution in [1.29, 1.82) is 5.26 Å². The highest BCUT2D eigenvalue weighted by molar-refractivity contribution is 9.10. The lowest BCUT2D eigenvalue weighted by molar-refractivity contribution is 0.0772. The monoisotopic (exact) mass is 267 g/mol. The highest BCUT2D eigenvalue weighted by Gasteiger charge is 2.17. The normalized spacial score (nSPS) is 11.6. The summed E-state index contributed by atoms with van der Waals surface area (Å²) in [6, 6.07) is 3.23. The van der Waals surface area contributed by atoms with Crippen LogP contribution in [0.15, 0.2) is 22.9 Å². The average Bonchev–Trinajstić information content (AvgIpc) is 2.26. The molecule has 0 aliphatic heterocycles. The third-order valence-corrected chi connectivity index (χ3v) is 2.47. The number of amides is 1. The van der Waals surface area contributed by atoms with E-state index in [0.29, 0.717) is 5.56 Å². The molecule has 0 aliphatic carbocycles. The second-order valence-corrected chi connectivity index (χ2v) is 4.03. The first-order valence-electron chi connectivity index (χ1n) is 4.33. The summed E-state index contributed by atoms with van der Waals surface area (Å²) in [4.78, 5) is 17.1. The van der Waals surface area contributed by atoms with Crippen LogP contribution in [0.1, 0.15) is 17.3 Å². The summed E-state index contributed by atoms with van der Waals surface area (Å²) < 4.78 is 0.742. The second kappa shape index (κ2) is 4.89. The maximum absolute atomic E-state index is 11.8. The van der Waals surface area contributed by atoms with Gasteiger partial charge in [-0.1, -0.05) is 0 Å². The van der Waals surface area contributed by atoms with Gasteiger partial charge in [-0.05, 0) is 28.9 Å². The van der Waals surface area contributed by atoms with Crippen LogP contribution in [0.25, 0.3) is 0 Å². The molecule has 0 spiro atoms. The van der Waals surface area contributed by atoms with Crippen molar-refractivity contribution < 1.29 is 4.79 Å². The minimum Gasteiger partial charge on any atom is -0.326 e. The smallest absolute Gasteiger partial charge is 0.256 e. The van der Waals surface area contributed by atoms with Gasteiger partial charge in [0.2, 0.25) is 0 Å². The Morgan fingerprint density at radius 3 is 2.87 bits per heavy atom. The van der Waals surface area contributed by atoms with Gasteiger partial charge in [0.05, 0.1) is 11.6 Å². The van der Waals surface area contributed by atoms with Gasteiger partial charge in [-0.15, -0.1) is 0 Å². The summed E-state index contributed by atoms with van der Waals surface area (Å²) in [7, 11) is 1.59. The zero-order valence-corrected chi connectivity index (χ0v) is 10.0. The van der Waals surface area contributed by atoms with E-state index in [1.807, 2.05) is 6.07 Å². The lowest BCUT2D eigenvalue weighted by Gasteiger charge is -2.19. The molecule has 4 nitrogen and oxygen atoms in total. The van der Waals surface area contributed by atoms with Crippen LogP contribution in [0.2, 0.25) is 0 Å². The molecule has 78 valence electrons. The third kappa shape index (κ3) is 2.77. The summed E-state index contributed by atoms with van der Waals surface area (Å²) >= 11 is 3.24. The van der Waals surface area contributed by atoms with Gasteiger partial charge in [0.1, 0.15) is 6.04 Å². The Hall–Kier alpha value is -1.41. The fraction of sp³-hybridized carbons (Fsp3) is 0.300. The highest BCUT2D eigenvalue weighted by Crippen LogP contribution is 2.12. The van der Waals surface area contributed by atoms with Crippen LogP contribution in [-0.2, 0) is 0 Å². The van der Waals surface area contributed by atoms with Crippen LogP contribution in [0.5, 0.6) is 0 Å². The first-order chi connectivity index (χ1) is 7.06. The maximum atomic E-state index is 11.8. The van der Waals surface area contributed by atoms with Crippen molar-refractivity contribution in [3.8, 4) is 6.07 Å². The number of pyridine rings is 1. The number of nitrogens with zero attached hydrogens (tertiary/aromatic N) is 3. The first-order valence-corrected chi connectivity index (χ1v) is 5.13. The predicted octanol–water partition coefficient (Wildman–Crippen LogP) is 1.83. The standard InChI is InChI=1S/C10H10BrN3O/c1-7(4-12)14(2)10(15)8-3-9(11)6-13-5-8/h3,5-7H,1-2H3. The summed E-state index contributed by atoms with van der Waals surface area (Å²) in [5.74, 6) is -0.210. The Bertz CT molecular complexity index is 413. The van der Waals surface area contributed by atoms with Crippen molar-refractivity contribution in [3.63, 3.8) is 0 Å². The summed E-state index contributed by atoms with van der Waals surface area (Å²) in [6.07, 6.45) is 3.08. The highest BCUT2D eigenvalue weighted by atomic mass is 79.9. The van der Waals surface area contributed by atoms with E-state index < -0.39 is 6.04 Å². The van der Waals surface area contributed by atoms with Crippen molar-refractivity contribution in [1.82, 2.24) is 9.88 Å². The van der Waals surface area contributed by atoms with E-state index in [2.05, 4.69) is 20.9 Å². The number of aromatic nitrogens is 1. The van der Waals surface area contributed by atoms with Crippen LogP contribution in [0.4, 0.5) is 0 Å². The molecular formula is C10H10BrN3O. The quantitative estimate of drug-likeness (QED) is 0.822. The Kier molecular flexibility index (Phi) is 3.81. The fourth-order valence-corrected chi connectivity index (χ4v) is 1.36. The van der Waals surface area contributed by atoms with Gasteiger partial charge < -0.3 is 4.90 Å². The topological polar surface area (TPSA) is 57.0 Å². The first kappa shape index (κ1) is 11.7.